The molecule has 0 spiro atoms. The van der Waals surface area contributed by atoms with Gasteiger partial charge >= 0.3 is 0 Å². The summed E-state index contributed by atoms with van der Waals surface area (Å²) in [6.07, 6.45) is 2.58. The van der Waals surface area contributed by atoms with Crippen LogP contribution in [0.15, 0.2) is 0 Å². The molecule has 1 aliphatic rings. The molecule has 2 heterocycles. The second-order valence-electron chi connectivity index (χ2n) is 5.28. The van der Waals surface area contributed by atoms with Gasteiger partial charge in [0.25, 0.3) is 0 Å². The van der Waals surface area contributed by atoms with Crippen molar-refractivity contribution in [3.05, 3.63) is 22.9 Å². The Bertz CT molecular complexity index is 605. The van der Waals surface area contributed by atoms with E-state index in [1.165, 1.54) is 18.4 Å². The molecule has 1 N–H and O–H groups in total. The van der Waals surface area contributed by atoms with E-state index in [1.54, 1.807) is 0 Å². The molecule has 2 aromatic heterocycles. The summed E-state index contributed by atoms with van der Waals surface area (Å²) in [5.74, 6) is 2.70. The number of hydrogen-bond donors (Lipinski definition) is 1. The topological polar surface area (TPSA) is 60.6 Å². The Morgan fingerprint density at radius 3 is 2.53 bits per heavy atom. The maximum Gasteiger partial charge on any atom is 0.158 e. The normalized spacial score (nSPS) is 15.2. The van der Waals surface area contributed by atoms with Gasteiger partial charge in [-0.15, -0.1) is 5.10 Å². The maximum atomic E-state index is 4.52. The highest BCUT2D eigenvalue weighted by molar-refractivity contribution is 5.38. The van der Waals surface area contributed by atoms with Crippen LogP contribution in [0.3, 0.4) is 0 Å². The standard InChI is InChI=1S/C13H20N6/c1-8-12(7-14-11-5-6-11)13(18(4)16-8)19-10(3)15-9(2)17-19/h11,14H,5-7H2,1-4H3. The van der Waals surface area contributed by atoms with Crippen LogP contribution in [-0.4, -0.2) is 30.6 Å². The Kier molecular flexibility index (Phi) is 2.89. The first-order chi connectivity index (χ1) is 9.06. The van der Waals surface area contributed by atoms with Crippen molar-refractivity contribution in [1.82, 2.24) is 29.9 Å². The predicted octanol–water partition coefficient (Wildman–Crippen LogP) is 1.18. The van der Waals surface area contributed by atoms with Gasteiger partial charge in [0.2, 0.25) is 0 Å². The summed E-state index contributed by atoms with van der Waals surface area (Å²) in [5, 5.41) is 12.5. The minimum absolute atomic E-state index is 0.686. The fraction of sp³-hybridized carbons (Fsp3) is 0.615. The van der Waals surface area contributed by atoms with Gasteiger partial charge in [0, 0.05) is 25.2 Å². The Morgan fingerprint density at radius 1 is 1.21 bits per heavy atom. The van der Waals surface area contributed by atoms with Crippen LogP contribution in [0, 0.1) is 20.8 Å². The lowest BCUT2D eigenvalue weighted by atomic mass is 10.2. The summed E-state index contributed by atoms with van der Waals surface area (Å²) in [6, 6.07) is 0.686. The second kappa shape index (κ2) is 4.45. The van der Waals surface area contributed by atoms with Gasteiger partial charge in [0.1, 0.15) is 11.6 Å². The first-order valence-electron chi connectivity index (χ1n) is 6.72. The molecule has 0 amide bonds. The van der Waals surface area contributed by atoms with Gasteiger partial charge in [0.05, 0.1) is 5.69 Å². The Hall–Kier alpha value is -1.69. The van der Waals surface area contributed by atoms with Crippen molar-refractivity contribution in [2.45, 2.75) is 46.2 Å². The van der Waals surface area contributed by atoms with Gasteiger partial charge in [0.15, 0.2) is 5.82 Å². The molecule has 0 radical (unpaired) electrons. The molecule has 19 heavy (non-hydrogen) atoms. The van der Waals surface area contributed by atoms with E-state index in [0.717, 1.165) is 29.7 Å². The number of aromatic nitrogens is 5. The summed E-state index contributed by atoms with van der Waals surface area (Å²) in [5.41, 5.74) is 2.26. The van der Waals surface area contributed by atoms with E-state index in [0.29, 0.717) is 6.04 Å². The van der Waals surface area contributed by atoms with Crippen LogP contribution in [0.1, 0.15) is 35.7 Å². The maximum absolute atomic E-state index is 4.52. The quantitative estimate of drug-likeness (QED) is 0.896. The number of nitrogens with zero attached hydrogens (tertiary/aromatic N) is 5. The largest absolute Gasteiger partial charge is 0.310 e. The number of hydrogen-bond acceptors (Lipinski definition) is 4. The lowest BCUT2D eigenvalue weighted by Crippen LogP contribution is -2.18. The minimum atomic E-state index is 0.686. The van der Waals surface area contributed by atoms with Gasteiger partial charge in [-0.05, 0) is 33.6 Å². The molecule has 0 bridgehead atoms. The molecule has 2 aromatic rings. The molecule has 0 saturated heterocycles. The minimum Gasteiger partial charge on any atom is -0.310 e. The van der Waals surface area contributed by atoms with Crippen LogP contribution in [0.5, 0.6) is 0 Å². The first kappa shape index (κ1) is 12.3. The summed E-state index contributed by atoms with van der Waals surface area (Å²) in [4.78, 5) is 4.38. The molecule has 6 heteroatoms. The third-order valence-electron chi connectivity index (χ3n) is 3.53. The van der Waals surface area contributed by atoms with Crippen molar-refractivity contribution < 1.29 is 0 Å². The predicted molar refractivity (Wildman–Crippen MR) is 72.2 cm³/mol. The molecule has 102 valence electrons. The first-order valence-corrected chi connectivity index (χ1v) is 6.72. The van der Waals surface area contributed by atoms with Crippen LogP contribution in [0.4, 0.5) is 0 Å². The molecular weight excluding hydrogens is 240 g/mol. The van der Waals surface area contributed by atoms with Gasteiger partial charge in [-0.1, -0.05) is 0 Å². The highest BCUT2D eigenvalue weighted by Gasteiger charge is 2.23. The Morgan fingerprint density at radius 2 is 1.95 bits per heavy atom. The molecule has 3 rings (SSSR count). The molecule has 0 unspecified atom stereocenters. The van der Waals surface area contributed by atoms with Crippen molar-refractivity contribution in [2.75, 3.05) is 0 Å². The second-order valence-corrected chi connectivity index (χ2v) is 5.28. The lowest BCUT2D eigenvalue weighted by Gasteiger charge is -2.08. The zero-order chi connectivity index (χ0) is 13.6. The van der Waals surface area contributed by atoms with E-state index in [-0.39, 0.29) is 0 Å². The Balaban J connectivity index is 2.00. The SMILES string of the molecule is Cc1nc(C)n(-c2c(CNC3CC3)c(C)nn2C)n1. The number of nitrogens with one attached hydrogen (secondary N) is 1. The van der Waals surface area contributed by atoms with E-state index in [2.05, 4.69) is 20.5 Å². The van der Waals surface area contributed by atoms with E-state index < -0.39 is 0 Å². The van der Waals surface area contributed by atoms with Crippen LogP contribution < -0.4 is 5.32 Å². The van der Waals surface area contributed by atoms with Gasteiger partial charge in [-0.3, -0.25) is 4.68 Å². The molecule has 0 aromatic carbocycles. The van der Waals surface area contributed by atoms with E-state index in [4.69, 9.17) is 0 Å². The number of rotatable bonds is 4. The zero-order valence-electron chi connectivity index (χ0n) is 11.9. The molecule has 1 saturated carbocycles. The highest BCUT2D eigenvalue weighted by atomic mass is 15.4. The number of aryl methyl sites for hydroxylation is 4. The summed E-state index contributed by atoms with van der Waals surface area (Å²) >= 11 is 0. The van der Waals surface area contributed by atoms with Crippen molar-refractivity contribution in [3.8, 4) is 5.82 Å². The summed E-state index contributed by atoms with van der Waals surface area (Å²) in [7, 11) is 1.96. The average molecular weight is 260 g/mol. The summed E-state index contributed by atoms with van der Waals surface area (Å²) < 4.78 is 3.78. The monoisotopic (exact) mass is 260 g/mol. The lowest BCUT2D eigenvalue weighted by molar-refractivity contribution is 0.657. The van der Waals surface area contributed by atoms with Crippen molar-refractivity contribution in [1.29, 1.82) is 0 Å². The zero-order valence-corrected chi connectivity index (χ0v) is 11.9. The van der Waals surface area contributed by atoms with Gasteiger partial charge in [-0.2, -0.15) is 9.78 Å². The molecule has 0 aliphatic heterocycles. The van der Waals surface area contributed by atoms with Crippen LogP contribution >= 0.6 is 0 Å². The fourth-order valence-electron chi connectivity index (χ4n) is 2.42. The highest BCUT2D eigenvalue weighted by Crippen LogP contribution is 2.22. The van der Waals surface area contributed by atoms with Crippen LogP contribution in [0.2, 0.25) is 0 Å². The van der Waals surface area contributed by atoms with Gasteiger partial charge in [-0.25, -0.2) is 4.98 Å². The van der Waals surface area contributed by atoms with Crippen LogP contribution in [-0.2, 0) is 13.6 Å². The molecule has 1 aliphatic carbocycles. The third-order valence-corrected chi connectivity index (χ3v) is 3.53. The third kappa shape index (κ3) is 2.28. The molecule has 1 fully saturated rings. The van der Waals surface area contributed by atoms with Crippen molar-refractivity contribution >= 4 is 0 Å². The van der Waals surface area contributed by atoms with E-state index in [9.17, 15) is 0 Å². The van der Waals surface area contributed by atoms with Crippen molar-refractivity contribution in [3.63, 3.8) is 0 Å². The van der Waals surface area contributed by atoms with Crippen molar-refractivity contribution in [2.24, 2.45) is 7.05 Å². The average Bonchev–Trinajstić information content (AvgIpc) is 3.04. The van der Waals surface area contributed by atoms with Crippen LogP contribution in [0.25, 0.3) is 5.82 Å². The fourth-order valence-corrected chi connectivity index (χ4v) is 2.42. The van der Waals surface area contributed by atoms with E-state index in [1.807, 2.05) is 37.2 Å². The smallest absolute Gasteiger partial charge is 0.158 e. The van der Waals surface area contributed by atoms with E-state index >= 15 is 0 Å². The molecular formula is C13H20N6. The van der Waals surface area contributed by atoms with Gasteiger partial charge < -0.3 is 5.32 Å². The summed E-state index contributed by atoms with van der Waals surface area (Å²) in [6.45, 7) is 6.78. The Labute approximate surface area is 112 Å². The molecule has 0 atom stereocenters. The molecule has 6 nitrogen and oxygen atoms in total.